The van der Waals surface area contributed by atoms with Crippen LogP contribution in [0.15, 0.2) is 45.8 Å². The molecule has 3 rings (SSSR count). The number of halogens is 2. The number of allylic oxidation sites excluding steroid dienone is 5. The van der Waals surface area contributed by atoms with Crippen LogP contribution >= 0.6 is 0 Å². The molecule has 2 aliphatic carbocycles. The van der Waals surface area contributed by atoms with Gasteiger partial charge in [0, 0.05) is 0 Å². The molecular weight excluding hydrogens is 366 g/mol. The van der Waals surface area contributed by atoms with E-state index in [1.807, 2.05) is 0 Å². The van der Waals surface area contributed by atoms with E-state index < -0.39 is 23.2 Å². The van der Waals surface area contributed by atoms with Gasteiger partial charge in [-0.25, -0.2) is 0 Å². The maximum atomic E-state index is 4.22. The monoisotopic (exact) mass is 378 g/mol. The third kappa shape index (κ3) is 3.01. The van der Waals surface area contributed by atoms with Crippen LogP contribution in [0.25, 0.3) is 22.5 Å². The molecule has 0 heterocycles. The van der Waals surface area contributed by atoms with Gasteiger partial charge in [0.05, 0.1) is 0 Å². The molecule has 0 radical (unpaired) electrons. The van der Waals surface area contributed by atoms with Crippen LogP contribution < -0.4 is 45.7 Å². The summed E-state index contributed by atoms with van der Waals surface area (Å²) in [6.45, 7) is 12.5. The van der Waals surface area contributed by atoms with Crippen molar-refractivity contribution < 1.29 is 48.0 Å². The van der Waals surface area contributed by atoms with E-state index in [1.54, 1.807) is 3.28 Å². The fourth-order valence-electron chi connectivity index (χ4n) is 2.42. The van der Waals surface area contributed by atoms with E-state index in [1.165, 1.54) is 19.3 Å². The van der Waals surface area contributed by atoms with Crippen molar-refractivity contribution in [1.82, 2.24) is 0 Å². The van der Waals surface area contributed by atoms with Gasteiger partial charge in [-0.05, 0) is 0 Å². The van der Waals surface area contributed by atoms with Gasteiger partial charge in [0.1, 0.15) is 0 Å². The van der Waals surface area contributed by atoms with Gasteiger partial charge < -0.3 is 24.8 Å². The Morgan fingerprint density at radius 3 is 2.35 bits per heavy atom. The Morgan fingerprint density at radius 1 is 1.00 bits per heavy atom. The zero-order valence-corrected chi connectivity index (χ0v) is 15.0. The normalized spacial score (nSPS) is 14.7. The van der Waals surface area contributed by atoms with Gasteiger partial charge in [-0.15, -0.1) is 0 Å². The molecule has 0 amide bonds. The zero-order chi connectivity index (χ0) is 12.7. The number of hydrogen-bond acceptors (Lipinski definition) is 0. The van der Waals surface area contributed by atoms with Crippen molar-refractivity contribution in [3.05, 3.63) is 66.7 Å². The molecule has 0 aromatic heterocycles. The molecule has 0 fully saturated rings. The Labute approximate surface area is 143 Å². The Kier molecular flexibility index (Phi) is 6.01. The predicted octanol–water partition coefficient (Wildman–Crippen LogP) is -5.10. The molecule has 0 bridgehead atoms. The first kappa shape index (κ1) is 17.4. The number of benzene rings is 1. The Hall–Kier alpha value is -0.617. The van der Waals surface area contributed by atoms with Crippen LogP contribution in [0.5, 0.6) is 0 Å². The van der Waals surface area contributed by atoms with Gasteiger partial charge in [-0.2, -0.15) is 0 Å². The Balaban J connectivity index is 0.000001000. The van der Waals surface area contributed by atoms with Crippen molar-refractivity contribution in [3.63, 3.8) is 0 Å². The van der Waals surface area contributed by atoms with Gasteiger partial charge in [0.25, 0.3) is 0 Å². The number of rotatable bonds is 2. The van der Waals surface area contributed by atoms with E-state index in [4.69, 9.17) is 0 Å². The minimum Gasteiger partial charge on any atom is -1.00 e. The Bertz CT molecular complexity index is 829. The minimum atomic E-state index is -0.723. The first-order valence-electron chi connectivity index (χ1n) is 6.02. The quantitative estimate of drug-likeness (QED) is 0.482. The van der Waals surface area contributed by atoms with Crippen molar-refractivity contribution in [2.75, 3.05) is 0 Å². The summed E-state index contributed by atoms with van der Waals surface area (Å²) in [5.74, 6) is 0. The van der Waals surface area contributed by atoms with Crippen molar-refractivity contribution in [2.45, 2.75) is 6.42 Å². The molecule has 100 valence electrons. The third-order valence-electron chi connectivity index (χ3n) is 3.37. The average Bonchev–Trinajstić information content (AvgIpc) is 2.95. The Morgan fingerprint density at radius 2 is 1.70 bits per heavy atom. The van der Waals surface area contributed by atoms with Crippen LogP contribution in [0.1, 0.15) is 6.42 Å². The summed E-state index contributed by atoms with van der Waals surface area (Å²) in [5, 5.41) is 4.78. The second kappa shape index (κ2) is 6.90. The summed E-state index contributed by atoms with van der Waals surface area (Å²) in [4.78, 5) is 0. The largest absolute Gasteiger partial charge is 1.00 e. The van der Waals surface area contributed by atoms with Crippen LogP contribution in [0.3, 0.4) is 0 Å². The summed E-state index contributed by atoms with van der Waals surface area (Å²) < 4.78 is 3.10. The van der Waals surface area contributed by atoms with Gasteiger partial charge in [0.15, 0.2) is 0 Å². The van der Waals surface area contributed by atoms with Gasteiger partial charge >= 0.3 is 119 Å². The molecule has 20 heavy (non-hydrogen) atoms. The number of hydrogen-bond donors (Lipinski definition) is 0. The summed E-state index contributed by atoms with van der Waals surface area (Å²) in [7, 11) is 0. The molecule has 0 saturated heterocycles. The summed E-state index contributed by atoms with van der Waals surface area (Å²) in [6.07, 6.45) is 10.0. The van der Waals surface area contributed by atoms with Gasteiger partial charge in [-0.1, -0.05) is 0 Å². The number of fused-ring (bicyclic) bond motifs is 1. The maximum Gasteiger partial charge on any atom is -1.00 e. The smallest absolute Gasteiger partial charge is 1.00 e. The standard InChI is InChI=1S/C12H9.C5H5.2ClH.Zr/c1-8-6-11-9(2)4-5-10(3)12(11)7-8;1-2-4-5-3-1;;;/h4-6H,1-3H2;1-3H,4H2;2*1H;/q;;;;+2/p-2. The maximum absolute atomic E-state index is 4.22. The van der Waals surface area contributed by atoms with Crippen LogP contribution in [-0.2, 0) is 23.2 Å². The fourth-order valence-corrected chi connectivity index (χ4v) is 5.79. The van der Waals surface area contributed by atoms with Gasteiger partial charge in [0.2, 0.25) is 0 Å². The van der Waals surface area contributed by atoms with Crippen molar-refractivity contribution in [1.29, 1.82) is 0 Å². The van der Waals surface area contributed by atoms with Crippen LogP contribution in [0, 0.1) is 0 Å². The van der Waals surface area contributed by atoms with E-state index in [2.05, 4.69) is 56.2 Å². The van der Waals surface area contributed by atoms with Crippen LogP contribution in [-0.4, -0.2) is 0 Å². The van der Waals surface area contributed by atoms with E-state index in [0.717, 1.165) is 16.9 Å². The SMILES string of the molecule is C=C1C=c2c(=C)ccc(=C)c2=[C]1[Zr+2][C]1=CC=CC1.[Cl-].[Cl-]. The molecule has 0 spiro atoms. The topological polar surface area (TPSA) is 0 Å². The van der Waals surface area contributed by atoms with Crippen LogP contribution in [0.4, 0.5) is 0 Å². The molecule has 3 heteroatoms. The van der Waals surface area contributed by atoms with Gasteiger partial charge in [-0.3, -0.25) is 0 Å². The molecule has 0 N–H and O–H groups in total. The first-order chi connectivity index (χ1) is 8.66. The van der Waals surface area contributed by atoms with E-state index in [9.17, 15) is 0 Å². The first-order valence-corrected chi connectivity index (χ1v) is 8.47. The molecule has 0 unspecified atom stereocenters. The molecule has 2 aliphatic rings. The average molecular weight is 380 g/mol. The van der Waals surface area contributed by atoms with E-state index in [-0.39, 0.29) is 24.8 Å². The molecule has 0 saturated carbocycles. The summed E-state index contributed by atoms with van der Waals surface area (Å²) in [6, 6.07) is 4.13. The van der Waals surface area contributed by atoms with E-state index >= 15 is 0 Å². The molecule has 0 atom stereocenters. The van der Waals surface area contributed by atoms with Crippen molar-refractivity contribution >= 4 is 22.5 Å². The third-order valence-corrected chi connectivity index (χ3v) is 7.09. The van der Waals surface area contributed by atoms with Crippen molar-refractivity contribution in [2.24, 2.45) is 0 Å². The molecule has 1 aromatic carbocycles. The second-order valence-electron chi connectivity index (χ2n) is 4.67. The predicted molar refractivity (Wildman–Crippen MR) is 74.8 cm³/mol. The minimum absolute atomic E-state index is 0. The van der Waals surface area contributed by atoms with Crippen molar-refractivity contribution in [3.8, 4) is 0 Å². The molecule has 0 nitrogen and oxygen atoms in total. The fraction of sp³-hybridized carbons (Fsp3) is 0.0588. The second-order valence-corrected chi connectivity index (χ2v) is 8.09. The molecule has 0 aliphatic heterocycles. The molecular formula is C17H14Cl2Zr. The summed E-state index contributed by atoms with van der Waals surface area (Å²) in [5.41, 5.74) is 1.19. The molecule has 1 aromatic rings. The van der Waals surface area contributed by atoms with E-state index in [0.29, 0.717) is 0 Å². The zero-order valence-electron chi connectivity index (χ0n) is 11.0. The van der Waals surface area contributed by atoms with Crippen LogP contribution in [0.2, 0.25) is 0 Å². The summed E-state index contributed by atoms with van der Waals surface area (Å²) >= 11 is -0.723.